The number of carboxylic acids is 1. The molecular formula is C11H17N3O2S. The third-order valence-electron chi connectivity index (χ3n) is 3.23. The van der Waals surface area contributed by atoms with Crippen LogP contribution in [0, 0.1) is 5.92 Å². The minimum absolute atomic E-state index is 0.456. The van der Waals surface area contributed by atoms with Gasteiger partial charge in [0.1, 0.15) is 6.04 Å². The molecule has 3 N–H and O–H groups in total. The molecule has 2 heterocycles. The van der Waals surface area contributed by atoms with Crippen LogP contribution in [0.1, 0.15) is 31.5 Å². The topological polar surface area (TPSA) is 79.5 Å². The van der Waals surface area contributed by atoms with Crippen LogP contribution in [0.4, 0.5) is 5.13 Å². The second-order valence-corrected chi connectivity index (χ2v) is 5.22. The highest BCUT2D eigenvalue weighted by Crippen LogP contribution is 2.29. The molecule has 1 fully saturated rings. The van der Waals surface area contributed by atoms with Gasteiger partial charge in [-0.2, -0.15) is 0 Å². The lowest BCUT2D eigenvalue weighted by Crippen LogP contribution is -2.22. The van der Waals surface area contributed by atoms with E-state index >= 15 is 0 Å². The number of aliphatic carboxylic acids is 1. The number of hydrogen-bond donors (Lipinski definition) is 2. The highest BCUT2D eigenvalue weighted by molar-refractivity contribution is 7.13. The molecule has 0 aromatic carbocycles. The number of nitrogens with zero attached hydrogens (tertiary/aromatic N) is 2. The Morgan fingerprint density at radius 2 is 2.59 bits per heavy atom. The molecule has 2 rings (SSSR count). The van der Waals surface area contributed by atoms with E-state index < -0.39 is 12.0 Å². The van der Waals surface area contributed by atoms with E-state index in [0.717, 1.165) is 24.1 Å². The molecule has 1 saturated heterocycles. The number of nitrogens with two attached hydrogens (primary N) is 1. The summed E-state index contributed by atoms with van der Waals surface area (Å²) in [5, 5.41) is 11.5. The van der Waals surface area contributed by atoms with E-state index in [4.69, 9.17) is 10.8 Å². The monoisotopic (exact) mass is 255 g/mol. The molecule has 0 spiro atoms. The minimum atomic E-state index is -1.03. The van der Waals surface area contributed by atoms with Gasteiger partial charge >= 0.3 is 5.97 Å². The summed E-state index contributed by atoms with van der Waals surface area (Å²) in [5.74, 6) is -0.301. The number of rotatable bonds is 4. The van der Waals surface area contributed by atoms with Gasteiger partial charge in [0.25, 0.3) is 0 Å². The first-order valence-corrected chi connectivity index (χ1v) is 6.68. The molecule has 0 radical (unpaired) electrons. The molecule has 17 heavy (non-hydrogen) atoms. The molecule has 2 unspecified atom stereocenters. The van der Waals surface area contributed by atoms with Crippen molar-refractivity contribution < 1.29 is 9.90 Å². The van der Waals surface area contributed by atoms with E-state index in [1.165, 1.54) is 24.2 Å². The van der Waals surface area contributed by atoms with E-state index in [0.29, 0.717) is 5.69 Å². The van der Waals surface area contributed by atoms with Crippen molar-refractivity contribution in [3.63, 3.8) is 0 Å². The molecule has 94 valence electrons. The number of thiazole rings is 1. The predicted octanol–water partition coefficient (Wildman–Crippen LogP) is 1.46. The molecule has 1 aliphatic rings. The Bertz CT molecular complexity index is 407. The summed E-state index contributed by atoms with van der Waals surface area (Å²) in [6.07, 6.45) is 2.37. The van der Waals surface area contributed by atoms with Crippen molar-refractivity contribution in [3.05, 3.63) is 11.1 Å². The lowest BCUT2D eigenvalue weighted by atomic mass is 10.1. The van der Waals surface area contributed by atoms with Gasteiger partial charge in [-0.15, -0.1) is 11.3 Å². The fourth-order valence-electron chi connectivity index (χ4n) is 2.03. The molecule has 5 nitrogen and oxygen atoms in total. The van der Waals surface area contributed by atoms with Gasteiger partial charge in [0.05, 0.1) is 5.69 Å². The maximum absolute atomic E-state index is 10.8. The van der Waals surface area contributed by atoms with Gasteiger partial charge in [-0.25, -0.2) is 4.98 Å². The maximum Gasteiger partial charge on any atom is 0.326 e. The summed E-state index contributed by atoms with van der Waals surface area (Å²) >= 11 is 1.48. The lowest BCUT2D eigenvalue weighted by Gasteiger charge is -2.14. The number of aromatic nitrogens is 1. The highest BCUT2D eigenvalue weighted by atomic mass is 32.1. The first-order valence-electron chi connectivity index (χ1n) is 5.80. The minimum Gasteiger partial charge on any atom is -0.480 e. The molecule has 6 heteroatoms. The summed E-state index contributed by atoms with van der Waals surface area (Å²) < 4.78 is 0. The molecule has 1 aliphatic heterocycles. The summed E-state index contributed by atoms with van der Waals surface area (Å²) in [7, 11) is 0. The Hall–Kier alpha value is -1.14. The Balaban J connectivity index is 2.06. The molecular weight excluding hydrogens is 238 g/mol. The fraction of sp³-hybridized carbons (Fsp3) is 0.636. The average Bonchev–Trinajstić information content (AvgIpc) is 2.96. The Kier molecular flexibility index (Phi) is 3.63. The maximum atomic E-state index is 10.8. The van der Waals surface area contributed by atoms with Crippen LogP contribution in [0.3, 0.4) is 0 Å². The van der Waals surface area contributed by atoms with E-state index in [1.807, 2.05) is 0 Å². The summed E-state index contributed by atoms with van der Waals surface area (Å²) in [6, 6.07) is -1.01. The van der Waals surface area contributed by atoms with Gasteiger partial charge in [0.2, 0.25) is 0 Å². The van der Waals surface area contributed by atoms with Crippen molar-refractivity contribution in [2.24, 2.45) is 11.7 Å². The molecule has 1 aromatic heterocycles. The zero-order chi connectivity index (χ0) is 12.4. The SMILES string of the molecule is CCC1CCN(c2nc(C(N)C(=O)O)cs2)C1. The third kappa shape index (κ3) is 2.58. The van der Waals surface area contributed by atoms with Crippen LogP contribution in [-0.4, -0.2) is 29.1 Å². The van der Waals surface area contributed by atoms with Gasteiger partial charge in [0, 0.05) is 18.5 Å². The standard InChI is InChI=1S/C11H17N3O2S/c1-2-7-3-4-14(5-7)11-13-8(6-17-11)9(12)10(15)16/h6-7,9H,2-5,12H2,1H3,(H,15,16). The van der Waals surface area contributed by atoms with Crippen molar-refractivity contribution in [1.82, 2.24) is 4.98 Å². The molecule has 0 bridgehead atoms. The van der Waals surface area contributed by atoms with Crippen molar-refractivity contribution in [3.8, 4) is 0 Å². The van der Waals surface area contributed by atoms with Gasteiger partial charge < -0.3 is 15.7 Å². The highest BCUT2D eigenvalue weighted by Gasteiger charge is 2.25. The van der Waals surface area contributed by atoms with Crippen LogP contribution in [0.2, 0.25) is 0 Å². The largest absolute Gasteiger partial charge is 0.480 e. The first-order chi connectivity index (χ1) is 8.11. The van der Waals surface area contributed by atoms with Gasteiger partial charge in [0.15, 0.2) is 5.13 Å². The molecule has 2 atom stereocenters. The first kappa shape index (κ1) is 12.3. The van der Waals surface area contributed by atoms with Crippen molar-refractivity contribution in [1.29, 1.82) is 0 Å². The quantitative estimate of drug-likeness (QED) is 0.851. The third-order valence-corrected chi connectivity index (χ3v) is 4.15. The zero-order valence-corrected chi connectivity index (χ0v) is 10.6. The molecule has 0 amide bonds. The van der Waals surface area contributed by atoms with Crippen LogP contribution in [0.25, 0.3) is 0 Å². The van der Waals surface area contributed by atoms with E-state index in [2.05, 4.69) is 16.8 Å². The van der Waals surface area contributed by atoms with Crippen molar-refractivity contribution in [2.45, 2.75) is 25.8 Å². The Morgan fingerprint density at radius 1 is 1.82 bits per heavy atom. The smallest absolute Gasteiger partial charge is 0.326 e. The van der Waals surface area contributed by atoms with Gasteiger partial charge in [-0.05, 0) is 12.3 Å². The van der Waals surface area contributed by atoms with E-state index in [9.17, 15) is 4.79 Å². The summed E-state index contributed by atoms with van der Waals surface area (Å²) in [5.41, 5.74) is 5.99. The second-order valence-electron chi connectivity index (χ2n) is 4.38. The lowest BCUT2D eigenvalue weighted by molar-refractivity contribution is -0.138. The Labute approximate surface area is 104 Å². The average molecular weight is 255 g/mol. The van der Waals surface area contributed by atoms with Crippen LogP contribution in [-0.2, 0) is 4.79 Å². The van der Waals surface area contributed by atoms with Crippen LogP contribution in [0.5, 0.6) is 0 Å². The number of hydrogen-bond acceptors (Lipinski definition) is 5. The van der Waals surface area contributed by atoms with Crippen molar-refractivity contribution in [2.75, 3.05) is 18.0 Å². The van der Waals surface area contributed by atoms with Crippen LogP contribution >= 0.6 is 11.3 Å². The zero-order valence-electron chi connectivity index (χ0n) is 9.80. The number of carbonyl (C=O) groups is 1. The van der Waals surface area contributed by atoms with Crippen LogP contribution in [0.15, 0.2) is 5.38 Å². The van der Waals surface area contributed by atoms with Gasteiger partial charge in [-0.1, -0.05) is 13.3 Å². The Morgan fingerprint density at radius 3 is 3.18 bits per heavy atom. The summed E-state index contributed by atoms with van der Waals surface area (Å²) in [6.45, 7) is 4.22. The number of carboxylic acid groups (broad SMARTS) is 1. The predicted molar refractivity (Wildman–Crippen MR) is 67.3 cm³/mol. The van der Waals surface area contributed by atoms with E-state index in [1.54, 1.807) is 5.38 Å². The van der Waals surface area contributed by atoms with Gasteiger partial charge in [-0.3, -0.25) is 4.79 Å². The molecule has 1 aromatic rings. The second kappa shape index (κ2) is 5.01. The molecule has 0 aliphatic carbocycles. The fourth-order valence-corrected chi connectivity index (χ4v) is 2.93. The molecule has 0 saturated carbocycles. The normalized spacial score (nSPS) is 21.8. The van der Waals surface area contributed by atoms with Crippen LogP contribution < -0.4 is 10.6 Å². The van der Waals surface area contributed by atoms with E-state index in [-0.39, 0.29) is 0 Å². The summed E-state index contributed by atoms with van der Waals surface area (Å²) in [4.78, 5) is 17.3. The van der Waals surface area contributed by atoms with Crippen molar-refractivity contribution >= 4 is 22.4 Å². The number of anilines is 1.